The molecule has 0 radical (unpaired) electrons. The first-order chi connectivity index (χ1) is 18.3. The van der Waals surface area contributed by atoms with Crippen LogP contribution in [0.15, 0.2) is 52.1 Å². The van der Waals surface area contributed by atoms with E-state index in [2.05, 4.69) is 4.37 Å². The van der Waals surface area contributed by atoms with Gasteiger partial charge in [-0.15, -0.1) is 0 Å². The summed E-state index contributed by atoms with van der Waals surface area (Å²) >= 11 is 1.19. The van der Waals surface area contributed by atoms with Gasteiger partial charge in [-0.3, -0.25) is 9.36 Å². The van der Waals surface area contributed by atoms with Gasteiger partial charge < -0.3 is 9.47 Å². The van der Waals surface area contributed by atoms with E-state index in [4.69, 9.17) is 9.47 Å². The summed E-state index contributed by atoms with van der Waals surface area (Å²) in [7, 11) is 0.964. The van der Waals surface area contributed by atoms with Crippen molar-refractivity contribution in [2.24, 2.45) is 13.0 Å². The fourth-order valence-electron chi connectivity index (χ4n) is 3.86. The van der Waals surface area contributed by atoms with Crippen LogP contribution >= 0.6 is 11.5 Å². The highest BCUT2D eigenvalue weighted by Gasteiger charge is 2.35. The van der Waals surface area contributed by atoms with E-state index in [-0.39, 0.29) is 24.3 Å². The van der Waals surface area contributed by atoms with E-state index in [1.807, 2.05) is 27.7 Å². The smallest absolute Gasteiger partial charge is 0.431 e. The summed E-state index contributed by atoms with van der Waals surface area (Å²) in [5.74, 6) is 0.0851. The second-order valence-electron chi connectivity index (χ2n) is 9.46. The first kappa shape index (κ1) is 28.1. The Balaban J connectivity index is 1.71. The van der Waals surface area contributed by atoms with E-state index < -0.39 is 29.1 Å². The van der Waals surface area contributed by atoms with E-state index in [9.17, 15) is 27.6 Å². The maximum absolute atomic E-state index is 13.3. The number of carbonyl (C=O) groups is 1. The third-order valence-electron chi connectivity index (χ3n) is 6.40. The minimum atomic E-state index is -4.85. The van der Waals surface area contributed by atoms with Gasteiger partial charge in [0.05, 0.1) is 16.1 Å². The number of alkyl halides is 3. The number of esters is 1. The molecule has 0 saturated carbocycles. The monoisotopic (exact) mass is 561 g/mol. The summed E-state index contributed by atoms with van der Waals surface area (Å²) in [6.07, 6.45) is -5.10. The predicted octanol–water partition coefficient (Wildman–Crippen LogP) is 5.11. The Morgan fingerprint density at radius 2 is 1.79 bits per heavy atom. The number of ether oxygens (including phenoxy) is 2. The van der Waals surface area contributed by atoms with Crippen LogP contribution < -0.4 is 16.0 Å². The number of carbonyl (C=O) groups excluding carboxylic acids is 1. The molecule has 12 heteroatoms. The molecule has 0 saturated heterocycles. The Hall–Kier alpha value is -3.93. The van der Waals surface area contributed by atoms with E-state index >= 15 is 0 Å². The molecule has 0 fully saturated rings. The van der Waals surface area contributed by atoms with Gasteiger partial charge in [-0.25, -0.2) is 14.2 Å². The van der Waals surface area contributed by atoms with Crippen molar-refractivity contribution in [1.29, 1.82) is 0 Å². The molecule has 0 N–H and O–H groups in total. The Morgan fingerprint density at radius 3 is 2.46 bits per heavy atom. The normalized spacial score (nSPS) is 12.6. The van der Waals surface area contributed by atoms with Crippen molar-refractivity contribution in [1.82, 2.24) is 13.5 Å². The molecular weight excluding hydrogens is 535 g/mol. The lowest BCUT2D eigenvalue weighted by atomic mass is 10.0. The SMILES string of the molecule is Cc1ccc(OCC(=O)OC(C)C(C)C)cc1-c1nsc2ccc(-n3c(=O)cc(C(F)(F)F)n(C)c3=O)cc12. The fraction of sp³-hybridized carbons (Fsp3) is 0.333. The third kappa shape index (κ3) is 5.75. The number of aromatic nitrogens is 3. The predicted molar refractivity (Wildman–Crippen MR) is 142 cm³/mol. The molecule has 0 aliphatic carbocycles. The largest absolute Gasteiger partial charge is 0.482 e. The summed E-state index contributed by atoms with van der Waals surface area (Å²) in [5.41, 5.74) is -1.37. The molecule has 206 valence electrons. The van der Waals surface area contributed by atoms with Gasteiger partial charge in [0, 0.05) is 24.1 Å². The molecule has 1 unspecified atom stereocenters. The van der Waals surface area contributed by atoms with Gasteiger partial charge >= 0.3 is 17.8 Å². The Morgan fingerprint density at radius 1 is 1.08 bits per heavy atom. The van der Waals surface area contributed by atoms with Crippen molar-refractivity contribution in [3.05, 3.63) is 74.6 Å². The first-order valence-electron chi connectivity index (χ1n) is 12.0. The quantitative estimate of drug-likeness (QED) is 0.292. The van der Waals surface area contributed by atoms with Crippen LogP contribution in [0.25, 0.3) is 27.0 Å². The zero-order valence-corrected chi connectivity index (χ0v) is 22.6. The molecular formula is C27H26F3N3O5S. The molecule has 39 heavy (non-hydrogen) atoms. The third-order valence-corrected chi connectivity index (χ3v) is 7.23. The maximum atomic E-state index is 13.3. The van der Waals surface area contributed by atoms with Crippen LogP contribution in [0.3, 0.4) is 0 Å². The van der Waals surface area contributed by atoms with Crippen LogP contribution in [0.2, 0.25) is 0 Å². The van der Waals surface area contributed by atoms with Crippen LogP contribution in [0.5, 0.6) is 5.75 Å². The molecule has 0 aliphatic heterocycles. The first-order valence-corrected chi connectivity index (χ1v) is 12.8. The summed E-state index contributed by atoms with van der Waals surface area (Å²) in [6, 6.07) is 10.3. The number of rotatable bonds is 7. The summed E-state index contributed by atoms with van der Waals surface area (Å²) in [4.78, 5) is 37.5. The Labute approximate surface area is 225 Å². The summed E-state index contributed by atoms with van der Waals surface area (Å²) < 4.78 is 57.1. The second-order valence-corrected chi connectivity index (χ2v) is 10.3. The van der Waals surface area contributed by atoms with E-state index in [0.29, 0.717) is 37.6 Å². The fourth-order valence-corrected chi connectivity index (χ4v) is 4.63. The highest BCUT2D eigenvalue weighted by atomic mass is 32.1. The number of nitrogens with zero attached hydrogens (tertiary/aromatic N) is 3. The van der Waals surface area contributed by atoms with Crippen molar-refractivity contribution in [3.63, 3.8) is 0 Å². The zero-order chi connectivity index (χ0) is 28.6. The van der Waals surface area contributed by atoms with Gasteiger partial charge in [0.2, 0.25) is 0 Å². The summed E-state index contributed by atoms with van der Waals surface area (Å²) in [5, 5.41) is 0.594. The molecule has 0 aliphatic rings. The molecule has 2 aromatic heterocycles. The molecule has 0 spiro atoms. The van der Waals surface area contributed by atoms with Crippen molar-refractivity contribution >= 4 is 27.6 Å². The van der Waals surface area contributed by atoms with Crippen molar-refractivity contribution in [2.45, 2.75) is 40.0 Å². The topological polar surface area (TPSA) is 92.4 Å². The van der Waals surface area contributed by atoms with Gasteiger partial charge in [-0.2, -0.15) is 17.5 Å². The highest BCUT2D eigenvalue weighted by Crippen LogP contribution is 2.35. The Kier molecular flexibility index (Phi) is 7.69. The van der Waals surface area contributed by atoms with Gasteiger partial charge in [-0.05, 0) is 67.2 Å². The molecule has 8 nitrogen and oxygen atoms in total. The number of halogens is 3. The number of fused-ring (bicyclic) bond motifs is 1. The molecule has 0 amide bonds. The van der Waals surface area contributed by atoms with Gasteiger partial charge in [0.1, 0.15) is 17.5 Å². The molecule has 2 aromatic carbocycles. The molecule has 4 aromatic rings. The molecule has 2 heterocycles. The number of hydrogen-bond donors (Lipinski definition) is 0. The number of aryl methyl sites for hydroxylation is 1. The number of hydrogen-bond acceptors (Lipinski definition) is 7. The van der Waals surface area contributed by atoms with Crippen molar-refractivity contribution in [3.8, 4) is 22.7 Å². The lowest BCUT2D eigenvalue weighted by Gasteiger charge is -2.17. The van der Waals surface area contributed by atoms with E-state index in [0.717, 1.165) is 17.3 Å². The van der Waals surface area contributed by atoms with Crippen LogP contribution in [0.4, 0.5) is 13.2 Å². The molecule has 0 bridgehead atoms. The minimum absolute atomic E-state index is 0.107. The average molecular weight is 562 g/mol. The van der Waals surface area contributed by atoms with E-state index in [1.54, 1.807) is 30.3 Å². The van der Waals surface area contributed by atoms with Crippen LogP contribution in [0, 0.1) is 12.8 Å². The minimum Gasteiger partial charge on any atom is -0.482 e. The van der Waals surface area contributed by atoms with Crippen molar-refractivity contribution in [2.75, 3.05) is 6.61 Å². The van der Waals surface area contributed by atoms with Gasteiger partial charge in [0.25, 0.3) is 5.56 Å². The lowest BCUT2D eigenvalue weighted by Crippen LogP contribution is -2.40. The standard InChI is InChI=1S/C27H26F3N3O5S/c1-14(2)16(4)38-24(35)13-37-18-8-6-15(3)19(11-18)25-20-10-17(7-9-21(20)39-31-25)33-23(34)12-22(27(28,29)30)32(5)26(33)36/h6-12,14,16H,13H2,1-5H3. The Bertz CT molecular complexity index is 1670. The van der Waals surface area contributed by atoms with Crippen LogP contribution in [-0.4, -0.2) is 32.2 Å². The maximum Gasteiger partial charge on any atom is 0.431 e. The number of benzene rings is 2. The average Bonchev–Trinajstić information content (AvgIpc) is 3.28. The van der Waals surface area contributed by atoms with Gasteiger partial charge in [0.15, 0.2) is 6.61 Å². The zero-order valence-electron chi connectivity index (χ0n) is 21.8. The molecule has 4 rings (SSSR count). The second kappa shape index (κ2) is 10.7. The lowest BCUT2D eigenvalue weighted by molar-refractivity contribution is -0.152. The van der Waals surface area contributed by atoms with Crippen LogP contribution in [-0.2, 0) is 22.8 Å². The highest BCUT2D eigenvalue weighted by molar-refractivity contribution is 7.13. The van der Waals surface area contributed by atoms with Crippen molar-refractivity contribution < 1.29 is 27.4 Å². The molecule has 1 atom stereocenters. The van der Waals surface area contributed by atoms with Gasteiger partial charge in [-0.1, -0.05) is 19.9 Å². The summed E-state index contributed by atoms with van der Waals surface area (Å²) in [6.45, 7) is 7.29. The van der Waals surface area contributed by atoms with Crippen LogP contribution in [0.1, 0.15) is 32.0 Å². The van der Waals surface area contributed by atoms with E-state index in [1.165, 1.54) is 17.6 Å².